The molecule has 1 aromatic rings. The number of carbonyl (C=O) groups is 1. The Balaban J connectivity index is 3.04. The molecule has 0 spiro atoms. The number of hydrogen-bond acceptors (Lipinski definition) is 3. The van der Waals surface area contributed by atoms with Crippen molar-refractivity contribution in [3.8, 4) is 11.8 Å². The first-order valence-electron chi connectivity index (χ1n) is 4.75. The first-order chi connectivity index (χ1) is 6.93. The highest BCUT2D eigenvalue weighted by Gasteiger charge is 2.25. The molecule has 5 heteroatoms. The van der Waals surface area contributed by atoms with E-state index in [2.05, 4.69) is 0 Å². The molecule has 0 saturated heterocycles. The Bertz CT molecular complexity index is 337. The van der Waals surface area contributed by atoms with Crippen molar-refractivity contribution in [1.82, 2.24) is 4.57 Å². The molecule has 0 aliphatic carbocycles. The number of aromatic hydroxyl groups is 2. The van der Waals surface area contributed by atoms with Crippen molar-refractivity contribution in [3.63, 3.8) is 0 Å². The standard InChI is InChI=1S/C10H15NO4/c1-6(2)5-7(10(14)15)11-8(12)3-4-9(11)13/h3-4,6-7,12-13H,5H2,1-2H3,(H,14,15)/t7-/m0/s1. The number of hydrogen-bond donors (Lipinski definition) is 3. The Morgan fingerprint density at radius 2 is 1.80 bits per heavy atom. The minimum absolute atomic E-state index is 0.160. The van der Waals surface area contributed by atoms with Crippen LogP contribution in [0.1, 0.15) is 26.3 Å². The van der Waals surface area contributed by atoms with Gasteiger partial charge in [-0.2, -0.15) is 0 Å². The Kier molecular flexibility index (Phi) is 3.24. The number of aromatic nitrogens is 1. The molecule has 0 radical (unpaired) electrons. The minimum Gasteiger partial charge on any atom is -0.494 e. The lowest BCUT2D eigenvalue weighted by Crippen LogP contribution is -2.20. The third kappa shape index (κ3) is 2.43. The van der Waals surface area contributed by atoms with Crippen LogP contribution in [0, 0.1) is 5.92 Å². The second kappa shape index (κ2) is 4.25. The first-order valence-corrected chi connectivity index (χ1v) is 4.75. The fourth-order valence-electron chi connectivity index (χ4n) is 1.51. The minimum atomic E-state index is -1.06. The molecule has 5 nitrogen and oxygen atoms in total. The summed E-state index contributed by atoms with van der Waals surface area (Å²) in [7, 11) is 0. The van der Waals surface area contributed by atoms with Crippen LogP contribution in [0.5, 0.6) is 11.8 Å². The van der Waals surface area contributed by atoms with Gasteiger partial charge in [0.05, 0.1) is 0 Å². The van der Waals surface area contributed by atoms with Crippen molar-refractivity contribution in [3.05, 3.63) is 12.1 Å². The second-order valence-electron chi connectivity index (χ2n) is 3.90. The van der Waals surface area contributed by atoms with Gasteiger partial charge < -0.3 is 15.3 Å². The lowest BCUT2D eigenvalue weighted by atomic mass is 10.0. The van der Waals surface area contributed by atoms with Gasteiger partial charge in [-0.3, -0.25) is 4.57 Å². The monoisotopic (exact) mass is 213 g/mol. The lowest BCUT2D eigenvalue weighted by Gasteiger charge is -2.18. The summed E-state index contributed by atoms with van der Waals surface area (Å²) >= 11 is 0. The summed E-state index contributed by atoms with van der Waals surface area (Å²) in [5, 5.41) is 27.8. The van der Waals surface area contributed by atoms with Crippen LogP contribution in [0.4, 0.5) is 0 Å². The average Bonchev–Trinajstić information content (AvgIpc) is 2.42. The molecule has 1 rings (SSSR count). The summed E-state index contributed by atoms with van der Waals surface area (Å²) in [6, 6.07) is 1.61. The molecule has 0 bridgehead atoms. The summed E-state index contributed by atoms with van der Waals surface area (Å²) in [6.07, 6.45) is 0.352. The van der Waals surface area contributed by atoms with Crippen LogP contribution in [-0.2, 0) is 4.79 Å². The van der Waals surface area contributed by atoms with Crippen molar-refractivity contribution in [2.24, 2.45) is 5.92 Å². The fourth-order valence-corrected chi connectivity index (χ4v) is 1.51. The molecular formula is C10H15NO4. The molecule has 0 fully saturated rings. The molecule has 0 amide bonds. The number of nitrogens with zero attached hydrogens (tertiary/aromatic N) is 1. The smallest absolute Gasteiger partial charge is 0.326 e. The van der Waals surface area contributed by atoms with Crippen LogP contribution in [0.15, 0.2) is 12.1 Å². The summed E-state index contributed by atoms with van der Waals surface area (Å²) < 4.78 is 1.02. The van der Waals surface area contributed by atoms with Gasteiger partial charge in [0.25, 0.3) is 0 Å². The van der Waals surface area contributed by atoms with Gasteiger partial charge >= 0.3 is 5.97 Å². The van der Waals surface area contributed by atoms with Crippen LogP contribution in [0.3, 0.4) is 0 Å². The Morgan fingerprint density at radius 3 is 2.13 bits per heavy atom. The van der Waals surface area contributed by atoms with Crippen molar-refractivity contribution in [2.45, 2.75) is 26.3 Å². The van der Waals surface area contributed by atoms with Gasteiger partial charge in [-0.15, -0.1) is 0 Å². The molecule has 1 atom stereocenters. The first kappa shape index (κ1) is 11.4. The molecule has 84 valence electrons. The van der Waals surface area contributed by atoms with E-state index in [0.29, 0.717) is 6.42 Å². The van der Waals surface area contributed by atoms with Crippen molar-refractivity contribution < 1.29 is 20.1 Å². The molecule has 3 N–H and O–H groups in total. The van der Waals surface area contributed by atoms with Gasteiger partial charge in [0.2, 0.25) is 0 Å². The fraction of sp³-hybridized carbons (Fsp3) is 0.500. The molecule has 0 aliphatic rings. The van der Waals surface area contributed by atoms with Crippen molar-refractivity contribution in [2.75, 3.05) is 0 Å². The van der Waals surface area contributed by atoms with E-state index in [1.54, 1.807) is 0 Å². The van der Waals surface area contributed by atoms with E-state index in [4.69, 9.17) is 5.11 Å². The predicted molar refractivity (Wildman–Crippen MR) is 53.9 cm³/mol. The van der Waals surface area contributed by atoms with Crippen LogP contribution < -0.4 is 0 Å². The Morgan fingerprint density at radius 1 is 1.33 bits per heavy atom. The van der Waals surface area contributed by atoms with Gasteiger partial charge in [-0.05, 0) is 12.3 Å². The molecule has 1 heterocycles. The highest BCUT2D eigenvalue weighted by atomic mass is 16.4. The maximum Gasteiger partial charge on any atom is 0.326 e. The largest absolute Gasteiger partial charge is 0.494 e. The van der Waals surface area contributed by atoms with Gasteiger partial charge in [0.15, 0.2) is 11.8 Å². The molecule has 0 unspecified atom stereocenters. The maximum atomic E-state index is 11.0. The van der Waals surface area contributed by atoms with E-state index >= 15 is 0 Å². The molecule has 15 heavy (non-hydrogen) atoms. The summed E-state index contributed by atoms with van der Waals surface area (Å²) in [5.41, 5.74) is 0. The topological polar surface area (TPSA) is 82.7 Å². The molecule has 0 aliphatic heterocycles. The molecule has 0 aromatic carbocycles. The Labute approximate surface area is 87.6 Å². The van der Waals surface area contributed by atoms with Crippen molar-refractivity contribution >= 4 is 5.97 Å². The van der Waals surface area contributed by atoms with Gasteiger partial charge in [0, 0.05) is 12.1 Å². The van der Waals surface area contributed by atoms with Crippen LogP contribution in [0.25, 0.3) is 0 Å². The SMILES string of the molecule is CC(C)C[C@@H](C(=O)O)n1c(O)ccc1O. The van der Waals surface area contributed by atoms with E-state index < -0.39 is 12.0 Å². The normalized spacial score (nSPS) is 13.0. The summed E-state index contributed by atoms with van der Waals surface area (Å²) in [6.45, 7) is 3.76. The van der Waals surface area contributed by atoms with E-state index in [0.717, 1.165) is 4.57 Å². The average molecular weight is 213 g/mol. The maximum absolute atomic E-state index is 11.0. The van der Waals surface area contributed by atoms with Crippen molar-refractivity contribution in [1.29, 1.82) is 0 Å². The second-order valence-corrected chi connectivity index (χ2v) is 3.90. The molecule has 1 aromatic heterocycles. The van der Waals surface area contributed by atoms with Gasteiger partial charge in [0.1, 0.15) is 6.04 Å². The third-order valence-corrected chi connectivity index (χ3v) is 2.17. The molecule has 0 saturated carbocycles. The van der Waals surface area contributed by atoms with E-state index in [-0.39, 0.29) is 17.7 Å². The van der Waals surface area contributed by atoms with Crippen LogP contribution in [-0.4, -0.2) is 25.9 Å². The summed E-state index contributed by atoms with van der Waals surface area (Å²) in [4.78, 5) is 11.0. The summed E-state index contributed by atoms with van der Waals surface area (Å²) in [5.74, 6) is -1.38. The van der Waals surface area contributed by atoms with E-state index in [1.165, 1.54) is 12.1 Å². The zero-order valence-electron chi connectivity index (χ0n) is 8.71. The predicted octanol–water partition coefficient (Wildman–Crippen LogP) is 1.57. The highest BCUT2D eigenvalue weighted by Crippen LogP contribution is 2.30. The zero-order valence-corrected chi connectivity index (χ0v) is 8.71. The van der Waals surface area contributed by atoms with E-state index in [9.17, 15) is 15.0 Å². The Hall–Kier alpha value is -1.65. The van der Waals surface area contributed by atoms with Gasteiger partial charge in [-0.1, -0.05) is 13.8 Å². The van der Waals surface area contributed by atoms with Crippen LogP contribution >= 0.6 is 0 Å². The molecular weight excluding hydrogens is 198 g/mol. The zero-order chi connectivity index (χ0) is 11.6. The quantitative estimate of drug-likeness (QED) is 0.709. The lowest BCUT2D eigenvalue weighted by molar-refractivity contribution is -0.141. The third-order valence-electron chi connectivity index (χ3n) is 2.17. The number of carboxylic acid groups (broad SMARTS) is 1. The highest BCUT2D eigenvalue weighted by molar-refractivity contribution is 5.72. The van der Waals surface area contributed by atoms with E-state index in [1.807, 2.05) is 13.8 Å². The number of aliphatic carboxylic acids is 1. The number of rotatable bonds is 4. The van der Waals surface area contributed by atoms with Gasteiger partial charge in [-0.25, -0.2) is 4.79 Å². The van der Waals surface area contributed by atoms with Crippen LogP contribution in [0.2, 0.25) is 0 Å². The number of carboxylic acids is 1.